The highest BCUT2D eigenvalue weighted by molar-refractivity contribution is 7.99. The van der Waals surface area contributed by atoms with Gasteiger partial charge in [-0.3, -0.25) is 25.2 Å². The molecule has 16 heteroatoms. The smallest absolute Gasteiger partial charge is 0.410 e. The summed E-state index contributed by atoms with van der Waals surface area (Å²) in [7, 11) is 0. The molecule has 0 saturated carbocycles. The summed E-state index contributed by atoms with van der Waals surface area (Å²) in [5.74, 6) is -6.71. The van der Waals surface area contributed by atoms with Crippen molar-refractivity contribution >= 4 is 59.0 Å². The van der Waals surface area contributed by atoms with E-state index in [4.69, 9.17) is 21.1 Å². The van der Waals surface area contributed by atoms with Crippen LogP contribution in [0.25, 0.3) is 0 Å². The number of rotatable bonds is 7. The van der Waals surface area contributed by atoms with E-state index in [-0.39, 0.29) is 31.0 Å². The summed E-state index contributed by atoms with van der Waals surface area (Å²) in [6, 6.07) is 19.2. The molecule has 5 amide bonds. The SMILES string of the molecule is CC(C)(C)OC(=O)N[C@H]1CSc2ccc(C(=O)NNC(=O)C3CN(C(=O)OCc4ccccc4)CC(F)(F)C3)cc2N(Cc2ccc(Cl)cc2)C1=O. The fourth-order valence-electron chi connectivity index (χ4n) is 5.55. The second kappa shape index (κ2) is 16.2. The number of nitrogens with one attached hydrogen (secondary N) is 3. The Kier molecular flexibility index (Phi) is 11.9. The van der Waals surface area contributed by atoms with Crippen molar-refractivity contribution in [1.82, 2.24) is 21.1 Å². The van der Waals surface area contributed by atoms with E-state index in [0.29, 0.717) is 21.2 Å². The van der Waals surface area contributed by atoms with Gasteiger partial charge >= 0.3 is 12.2 Å². The van der Waals surface area contributed by atoms with Crippen LogP contribution in [0.5, 0.6) is 0 Å². The van der Waals surface area contributed by atoms with E-state index in [1.807, 2.05) is 0 Å². The van der Waals surface area contributed by atoms with Gasteiger partial charge < -0.3 is 24.6 Å². The summed E-state index contributed by atoms with van der Waals surface area (Å²) in [5, 5.41) is 3.15. The number of likely N-dealkylation sites (tertiary alicyclic amines) is 1. The maximum Gasteiger partial charge on any atom is 0.410 e. The van der Waals surface area contributed by atoms with E-state index in [2.05, 4.69) is 16.2 Å². The number of ether oxygens (including phenoxy) is 2. The van der Waals surface area contributed by atoms with E-state index >= 15 is 0 Å². The maximum atomic E-state index is 14.7. The molecular weight excluding hydrogens is 720 g/mol. The second-order valence-electron chi connectivity index (χ2n) is 13.4. The molecule has 276 valence electrons. The molecule has 0 spiro atoms. The number of alkyl halides is 2. The van der Waals surface area contributed by atoms with E-state index < -0.39 is 66.4 Å². The zero-order valence-corrected chi connectivity index (χ0v) is 30.2. The molecule has 2 aliphatic heterocycles. The van der Waals surface area contributed by atoms with E-state index in [1.165, 1.54) is 28.8 Å². The van der Waals surface area contributed by atoms with E-state index in [9.17, 15) is 32.8 Å². The Balaban J connectivity index is 1.28. The molecule has 2 atom stereocenters. The van der Waals surface area contributed by atoms with Gasteiger partial charge in [-0.1, -0.05) is 54.1 Å². The van der Waals surface area contributed by atoms with Crippen LogP contribution in [0, 0.1) is 5.92 Å². The number of carbonyl (C=O) groups is 5. The molecule has 0 bridgehead atoms. The highest BCUT2D eigenvalue weighted by atomic mass is 35.5. The topological polar surface area (TPSA) is 146 Å². The molecular formula is C36H38ClF2N5O7S. The van der Waals surface area contributed by atoms with Crippen molar-refractivity contribution in [3.8, 4) is 0 Å². The van der Waals surface area contributed by atoms with Crippen LogP contribution in [-0.2, 0) is 32.2 Å². The van der Waals surface area contributed by atoms with Crippen LogP contribution in [0.3, 0.4) is 0 Å². The van der Waals surface area contributed by atoms with E-state index in [0.717, 1.165) is 10.5 Å². The molecule has 3 aromatic carbocycles. The average molecular weight is 758 g/mol. The molecule has 1 unspecified atom stereocenters. The lowest BCUT2D eigenvalue weighted by atomic mass is 9.95. The minimum Gasteiger partial charge on any atom is -0.445 e. The number of nitrogens with zero attached hydrogens (tertiary/aromatic N) is 2. The van der Waals surface area contributed by atoms with Crippen molar-refractivity contribution < 1.29 is 42.2 Å². The molecule has 2 heterocycles. The van der Waals surface area contributed by atoms with Gasteiger partial charge in [-0.05, 0) is 62.2 Å². The average Bonchev–Trinajstić information content (AvgIpc) is 3.21. The third-order valence-corrected chi connectivity index (χ3v) is 9.38. The maximum absolute atomic E-state index is 14.7. The van der Waals surface area contributed by atoms with Crippen molar-refractivity contribution in [2.24, 2.45) is 5.92 Å². The van der Waals surface area contributed by atoms with Crippen molar-refractivity contribution in [1.29, 1.82) is 0 Å². The van der Waals surface area contributed by atoms with Gasteiger partial charge in [0.05, 0.1) is 24.7 Å². The normalized spacial score (nSPS) is 18.4. The number of hydrogen-bond acceptors (Lipinski definition) is 8. The second-order valence-corrected chi connectivity index (χ2v) is 14.9. The summed E-state index contributed by atoms with van der Waals surface area (Å²) < 4.78 is 39.9. The first-order valence-corrected chi connectivity index (χ1v) is 17.7. The number of alkyl carbamates (subject to hydrolysis) is 1. The Morgan fingerprint density at radius 1 is 0.981 bits per heavy atom. The molecule has 0 radical (unpaired) electrons. The van der Waals surface area contributed by atoms with Crippen LogP contribution >= 0.6 is 23.4 Å². The fourth-order valence-corrected chi connectivity index (χ4v) is 6.73. The molecule has 1 fully saturated rings. The van der Waals surface area contributed by atoms with Gasteiger partial charge in [0.25, 0.3) is 17.7 Å². The lowest BCUT2D eigenvalue weighted by Gasteiger charge is -2.36. The van der Waals surface area contributed by atoms with Gasteiger partial charge in [-0.15, -0.1) is 11.8 Å². The Labute approximate surface area is 308 Å². The number of piperidine rings is 1. The van der Waals surface area contributed by atoms with Crippen LogP contribution in [-0.4, -0.2) is 71.2 Å². The lowest BCUT2D eigenvalue weighted by Crippen LogP contribution is -2.55. The zero-order chi connectivity index (χ0) is 37.6. The Morgan fingerprint density at radius 2 is 1.69 bits per heavy atom. The van der Waals surface area contributed by atoms with Gasteiger partial charge in [-0.25, -0.2) is 18.4 Å². The molecule has 3 N–H and O–H groups in total. The number of benzene rings is 3. The first-order valence-electron chi connectivity index (χ1n) is 16.3. The van der Waals surface area contributed by atoms with Gasteiger partial charge in [0, 0.05) is 34.2 Å². The molecule has 52 heavy (non-hydrogen) atoms. The summed E-state index contributed by atoms with van der Waals surface area (Å²) >= 11 is 7.36. The Hall–Kier alpha value is -4.89. The Morgan fingerprint density at radius 3 is 2.38 bits per heavy atom. The predicted molar refractivity (Wildman–Crippen MR) is 190 cm³/mol. The number of carbonyl (C=O) groups excluding carboxylic acids is 5. The number of halogens is 3. The van der Waals surface area contributed by atoms with E-state index in [1.54, 1.807) is 81.4 Å². The highest BCUT2D eigenvalue weighted by Crippen LogP contribution is 2.37. The minimum atomic E-state index is -3.37. The molecule has 3 aromatic rings. The molecule has 12 nitrogen and oxygen atoms in total. The predicted octanol–water partition coefficient (Wildman–Crippen LogP) is 5.93. The summed E-state index contributed by atoms with van der Waals surface area (Å²) in [5.41, 5.74) is 5.47. The quantitative estimate of drug-likeness (QED) is 0.252. The summed E-state index contributed by atoms with van der Waals surface area (Å²) in [6.45, 7) is 3.80. The van der Waals surface area contributed by atoms with Crippen LogP contribution in [0.1, 0.15) is 48.7 Å². The zero-order valence-electron chi connectivity index (χ0n) is 28.6. The van der Waals surface area contributed by atoms with Crippen LogP contribution in [0.15, 0.2) is 77.7 Å². The summed E-state index contributed by atoms with van der Waals surface area (Å²) in [4.78, 5) is 68.4. The number of amides is 5. The summed E-state index contributed by atoms with van der Waals surface area (Å²) in [6.07, 6.45) is -2.59. The van der Waals surface area contributed by atoms with Crippen molar-refractivity contribution in [3.05, 3.63) is 94.5 Å². The van der Waals surface area contributed by atoms with Crippen molar-refractivity contribution in [3.63, 3.8) is 0 Å². The number of hydrogen-bond donors (Lipinski definition) is 3. The molecule has 1 saturated heterocycles. The number of hydrazine groups is 1. The van der Waals surface area contributed by atoms with Gasteiger partial charge in [0.15, 0.2) is 0 Å². The highest BCUT2D eigenvalue weighted by Gasteiger charge is 2.45. The third kappa shape index (κ3) is 10.3. The first-order chi connectivity index (χ1) is 24.6. The largest absolute Gasteiger partial charge is 0.445 e. The molecule has 0 aromatic heterocycles. The molecule has 0 aliphatic carbocycles. The van der Waals surface area contributed by atoms with Crippen molar-refractivity contribution in [2.75, 3.05) is 23.7 Å². The lowest BCUT2D eigenvalue weighted by molar-refractivity contribution is -0.136. The Bertz CT molecular complexity index is 1810. The van der Waals surface area contributed by atoms with Crippen LogP contribution in [0.2, 0.25) is 5.02 Å². The van der Waals surface area contributed by atoms with Crippen molar-refractivity contribution in [2.45, 2.75) is 62.8 Å². The third-order valence-electron chi connectivity index (χ3n) is 7.97. The standard InChI is InChI=1S/C36H38ClF2N5O7S/c1-35(2,3)51-33(48)40-27-20-52-29-14-11-24(15-28(29)44(32(27)47)17-22-9-12-26(37)13-10-22)30(45)41-42-31(46)25-16-36(38,39)21-43(18-25)34(49)50-19-23-7-5-4-6-8-23/h4-15,25,27H,16-21H2,1-3H3,(H,40,48)(H,41,45)(H,42,46)/t25?,27-/m0/s1. The number of thioether (sulfide) groups is 1. The molecule has 2 aliphatic rings. The van der Waals surface area contributed by atoms with Gasteiger partial charge in [-0.2, -0.15) is 0 Å². The first kappa shape index (κ1) is 38.3. The minimum absolute atomic E-state index is 0.0483. The monoisotopic (exact) mass is 757 g/mol. The number of anilines is 1. The fraction of sp³-hybridized carbons (Fsp3) is 0.361. The molecule has 5 rings (SSSR count). The van der Waals surface area contributed by atoms with Crippen LogP contribution < -0.4 is 21.1 Å². The van der Waals surface area contributed by atoms with Crippen LogP contribution in [0.4, 0.5) is 24.1 Å². The van der Waals surface area contributed by atoms with Gasteiger partial charge in [0.2, 0.25) is 5.91 Å². The van der Waals surface area contributed by atoms with Gasteiger partial charge in [0.1, 0.15) is 18.2 Å². The number of fused-ring (bicyclic) bond motifs is 1.